The highest BCUT2D eigenvalue weighted by molar-refractivity contribution is 6.01. The number of fused-ring (bicyclic) bond motifs is 1. The van der Waals surface area contributed by atoms with Gasteiger partial charge in [0.25, 0.3) is 5.91 Å². The molecule has 4 aliphatic rings. The third kappa shape index (κ3) is 5.10. The fourth-order valence-electron chi connectivity index (χ4n) is 5.86. The summed E-state index contributed by atoms with van der Waals surface area (Å²) in [5.74, 6) is 0.553. The molecule has 2 N–H and O–H groups in total. The molecule has 1 unspecified atom stereocenters. The quantitative estimate of drug-likeness (QED) is 0.620. The van der Waals surface area contributed by atoms with E-state index >= 15 is 0 Å². The van der Waals surface area contributed by atoms with Crippen LogP contribution < -0.4 is 15.4 Å². The van der Waals surface area contributed by atoms with Crippen LogP contribution in [0.25, 0.3) is 0 Å². The molecule has 0 bridgehead atoms. The molecule has 35 heavy (non-hydrogen) atoms. The fourth-order valence-corrected chi connectivity index (χ4v) is 5.86. The summed E-state index contributed by atoms with van der Waals surface area (Å²) in [6.07, 6.45) is 7.56. The highest BCUT2D eigenvalue weighted by atomic mass is 16.5. The van der Waals surface area contributed by atoms with Gasteiger partial charge >= 0.3 is 0 Å². The largest absolute Gasteiger partial charge is 0.489 e. The van der Waals surface area contributed by atoms with Crippen LogP contribution >= 0.6 is 0 Å². The standard InChI is InChI=1S/C27H37N3O5/c1-18-7-10-23(25(31)29-18)30-16-19-15-20(8-9-21(19)26(30)32)35-24-6-4-3-5-22(24)28-17-27(33-2)11-13-34-14-12-27/h8-9,15,22-24,28H,1,3-7,10-14,16-17H2,2H3,(H,29,31)/t22-,23?,24-/m0/s1. The lowest BCUT2D eigenvalue weighted by molar-refractivity contribution is -0.126. The number of carbonyl (C=O) groups excluding carboxylic acids is 2. The molecule has 0 radical (unpaired) electrons. The Labute approximate surface area is 207 Å². The average molecular weight is 484 g/mol. The molecule has 2 amide bonds. The van der Waals surface area contributed by atoms with Gasteiger partial charge < -0.3 is 29.7 Å². The molecule has 1 saturated carbocycles. The maximum atomic E-state index is 13.0. The third-order valence-corrected chi connectivity index (χ3v) is 8.12. The van der Waals surface area contributed by atoms with Gasteiger partial charge in [0.05, 0.1) is 5.60 Å². The number of piperidine rings is 1. The number of benzene rings is 1. The maximum Gasteiger partial charge on any atom is 0.255 e. The van der Waals surface area contributed by atoms with Crippen LogP contribution in [0.2, 0.25) is 0 Å². The van der Waals surface area contributed by atoms with Crippen molar-refractivity contribution in [2.45, 2.75) is 81.7 Å². The molecular weight excluding hydrogens is 446 g/mol. The summed E-state index contributed by atoms with van der Waals surface area (Å²) >= 11 is 0. The highest BCUT2D eigenvalue weighted by Crippen LogP contribution is 2.33. The molecule has 190 valence electrons. The fraction of sp³-hybridized carbons (Fsp3) is 0.630. The van der Waals surface area contributed by atoms with Gasteiger partial charge in [-0.15, -0.1) is 0 Å². The van der Waals surface area contributed by atoms with E-state index in [-0.39, 0.29) is 29.6 Å². The van der Waals surface area contributed by atoms with Crippen LogP contribution in [-0.4, -0.2) is 67.4 Å². The Balaban J connectivity index is 1.24. The summed E-state index contributed by atoms with van der Waals surface area (Å²) in [6, 6.07) is 5.52. The molecule has 0 aromatic heterocycles. The van der Waals surface area contributed by atoms with Crippen molar-refractivity contribution in [3.63, 3.8) is 0 Å². The van der Waals surface area contributed by atoms with Gasteiger partial charge in [0.15, 0.2) is 0 Å². The molecule has 8 nitrogen and oxygen atoms in total. The van der Waals surface area contributed by atoms with E-state index in [1.54, 1.807) is 12.0 Å². The van der Waals surface area contributed by atoms with Crippen molar-refractivity contribution in [3.8, 4) is 5.75 Å². The van der Waals surface area contributed by atoms with Crippen LogP contribution in [0.4, 0.5) is 0 Å². The van der Waals surface area contributed by atoms with Crippen molar-refractivity contribution in [2.24, 2.45) is 0 Å². The number of ether oxygens (including phenoxy) is 3. The van der Waals surface area contributed by atoms with Gasteiger partial charge in [-0.25, -0.2) is 0 Å². The minimum atomic E-state index is -0.449. The molecule has 1 aliphatic carbocycles. The second-order valence-corrected chi connectivity index (χ2v) is 10.3. The smallest absolute Gasteiger partial charge is 0.255 e. The van der Waals surface area contributed by atoms with Gasteiger partial charge in [0.1, 0.15) is 17.9 Å². The van der Waals surface area contributed by atoms with Crippen molar-refractivity contribution < 1.29 is 23.8 Å². The minimum absolute atomic E-state index is 0.0684. The predicted molar refractivity (Wildman–Crippen MR) is 131 cm³/mol. The predicted octanol–water partition coefficient (Wildman–Crippen LogP) is 2.91. The average Bonchev–Trinajstić information content (AvgIpc) is 3.19. The SMILES string of the molecule is C=C1CCC(N2Cc3cc(O[C@H]4CCCC[C@@H]4NCC4(OC)CCOCC4)ccc3C2=O)C(=O)N1. The molecular formula is C27H37N3O5. The number of amides is 2. The van der Waals surface area contributed by atoms with E-state index in [1.807, 2.05) is 18.2 Å². The number of nitrogens with zero attached hydrogens (tertiary/aromatic N) is 1. The van der Waals surface area contributed by atoms with Crippen molar-refractivity contribution in [1.82, 2.24) is 15.5 Å². The van der Waals surface area contributed by atoms with Crippen molar-refractivity contribution in [3.05, 3.63) is 41.6 Å². The Kier molecular flexibility index (Phi) is 7.14. The first-order valence-electron chi connectivity index (χ1n) is 12.9. The summed E-state index contributed by atoms with van der Waals surface area (Å²) in [7, 11) is 1.80. The summed E-state index contributed by atoms with van der Waals surface area (Å²) in [5, 5.41) is 6.54. The zero-order chi connectivity index (χ0) is 24.4. The number of methoxy groups -OCH3 is 1. The number of rotatable bonds is 7. The number of carbonyl (C=O) groups is 2. The van der Waals surface area contributed by atoms with Gasteiger partial charge in [0, 0.05) is 63.6 Å². The van der Waals surface area contributed by atoms with Crippen molar-refractivity contribution in [2.75, 3.05) is 26.9 Å². The Bertz CT molecular complexity index is 974. The Hall–Kier alpha value is -2.42. The second-order valence-electron chi connectivity index (χ2n) is 10.3. The lowest BCUT2D eigenvalue weighted by Gasteiger charge is -2.39. The lowest BCUT2D eigenvalue weighted by Crippen LogP contribution is -2.53. The van der Waals surface area contributed by atoms with Gasteiger partial charge in [0.2, 0.25) is 5.91 Å². The van der Waals surface area contributed by atoms with Crippen LogP contribution in [-0.2, 0) is 20.8 Å². The minimum Gasteiger partial charge on any atom is -0.489 e. The Morgan fingerprint density at radius 3 is 2.77 bits per heavy atom. The van der Waals surface area contributed by atoms with E-state index in [2.05, 4.69) is 17.2 Å². The van der Waals surface area contributed by atoms with Crippen LogP contribution in [0.1, 0.15) is 67.3 Å². The third-order valence-electron chi connectivity index (χ3n) is 8.12. The zero-order valence-corrected chi connectivity index (χ0v) is 20.6. The van der Waals surface area contributed by atoms with Crippen LogP contribution in [0.5, 0.6) is 5.75 Å². The van der Waals surface area contributed by atoms with Crippen LogP contribution in [0, 0.1) is 0 Å². The van der Waals surface area contributed by atoms with Gasteiger partial charge in [-0.1, -0.05) is 13.0 Å². The molecule has 0 spiro atoms. The highest BCUT2D eigenvalue weighted by Gasteiger charge is 2.39. The number of hydrogen-bond acceptors (Lipinski definition) is 6. The first kappa shape index (κ1) is 24.3. The van der Waals surface area contributed by atoms with Crippen LogP contribution in [0.3, 0.4) is 0 Å². The molecule has 5 rings (SSSR count). The van der Waals surface area contributed by atoms with Gasteiger partial charge in [-0.2, -0.15) is 0 Å². The number of nitrogens with one attached hydrogen (secondary N) is 2. The van der Waals surface area contributed by atoms with E-state index in [4.69, 9.17) is 14.2 Å². The maximum absolute atomic E-state index is 13.0. The second kappa shape index (κ2) is 10.3. The van der Waals surface area contributed by atoms with Crippen LogP contribution in [0.15, 0.2) is 30.5 Å². The van der Waals surface area contributed by atoms with Crippen molar-refractivity contribution in [1.29, 1.82) is 0 Å². The molecule has 2 saturated heterocycles. The summed E-state index contributed by atoms with van der Waals surface area (Å²) in [4.78, 5) is 27.2. The number of hydrogen-bond donors (Lipinski definition) is 2. The molecule has 3 heterocycles. The Morgan fingerprint density at radius 1 is 1.20 bits per heavy atom. The molecule has 8 heteroatoms. The molecule has 1 aromatic carbocycles. The van der Waals surface area contributed by atoms with E-state index < -0.39 is 6.04 Å². The Morgan fingerprint density at radius 2 is 2.00 bits per heavy atom. The van der Waals surface area contributed by atoms with Gasteiger partial charge in [-0.05, 0) is 55.9 Å². The zero-order valence-electron chi connectivity index (χ0n) is 20.6. The summed E-state index contributed by atoms with van der Waals surface area (Å²) < 4.78 is 17.9. The normalized spacial score (nSPS) is 28.5. The van der Waals surface area contributed by atoms with E-state index in [0.29, 0.717) is 24.9 Å². The summed E-state index contributed by atoms with van der Waals surface area (Å²) in [5.41, 5.74) is 2.13. The van der Waals surface area contributed by atoms with E-state index in [9.17, 15) is 9.59 Å². The molecule has 1 aromatic rings. The number of allylic oxidation sites excluding steroid dienone is 1. The lowest BCUT2D eigenvalue weighted by atomic mass is 9.89. The van der Waals surface area contributed by atoms with Gasteiger partial charge in [-0.3, -0.25) is 9.59 Å². The van der Waals surface area contributed by atoms with E-state index in [1.165, 1.54) is 6.42 Å². The first-order valence-corrected chi connectivity index (χ1v) is 12.9. The summed E-state index contributed by atoms with van der Waals surface area (Å²) in [6.45, 7) is 6.54. The monoisotopic (exact) mass is 483 g/mol. The van der Waals surface area contributed by atoms with E-state index in [0.717, 1.165) is 68.9 Å². The van der Waals surface area contributed by atoms with Crippen molar-refractivity contribution >= 4 is 11.8 Å². The molecule has 3 aliphatic heterocycles. The topological polar surface area (TPSA) is 89.1 Å². The molecule has 3 fully saturated rings. The molecule has 3 atom stereocenters. The first-order chi connectivity index (χ1) is 17.0.